The zero-order valence-electron chi connectivity index (χ0n) is 20.5. The van der Waals surface area contributed by atoms with E-state index < -0.39 is 0 Å². The van der Waals surface area contributed by atoms with Crippen LogP contribution in [0.25, 0.3) is 0 Å². The molecule has 0 spiro atoms. The maximum Gasteiger partial charge on any atom is 0.222 e. The lowest BCUT2D eigenvalue weighted by Gasteiger charge is -2.40. The van der Waals surface area contributed by atoms with E-state index in [-0.39, 0.29) is 17.7 Å². The SMILES string of the molecule is Cc1ccc(C(=O)Cc2cc(Cl)cc(CN3CCN(C(=O)CCC(C)C)[C@@H](C)C3)c2C)cn1. The molecular weight excluding hydrogens is 434 g/mol. The summed E-state index contributed by atoms with van der Waals surface area (Å²) in [5, 5.41) is 0.649. The number of nitrogens with zero attached hydrogens (tertiary/aromatic N) is 3. The molecule has 1 aliphatic rings. The summed E-state index contributed by atoms with van der Waals surface area (Å²) in [5.74, 6) is 0.849. The minimum absolute atomic E-state index is 0.0426. The molecule has 1 aromatic carbocycles. The van der Waals surface area contributed by atoms with Crippen molar-refractivity contribution in [2.75, 3.05) is 19.6 Å². The third-order valence-corrected chi connectivity index (χ3v) is 6.75. The molecule has 1 amide bonds. The second kappa shape index (κ2) is 11.3. The maximum absolute atomic E-state index is 12.8. The maximum atomic E-state index is 12.8. The van der Waals surface area contributed by atoms with Gasteiger partial charge in [-0.15, -0.1) is 0 Å². The van der Waals surface area contributed by atoms with Gasteiger partial charge in [-0.3, -0.25) is 19.5 Å². The highest BCUT2D eigenvalue weighted by Crippen LogP contribution is 2.25. The standard InChI is InChI=1S/C27H36ClN3O2/c1-18(2)6-9-27(33)31-11-10-30(16-20(31)4)17-24-13-25(28)12-23(21(24)5)14-26(32)22-8-7-19(3)29-15-22/h7-8,12-13,15,18,20H,6,9-11,14,16-17H2,1-5H3/t20-/m0/s1. The molecule has 0 unspecified atom stereocenters. The molecule has 0 saturated carbocycles. The molecule has 1 saturated heterocycles. The van der Waals surface area contributed by atoms with Gasteiger partial charge in [0.2, 0.25) is 5.91 Å². The van der Waals surface area contributed by atoms with Gasteiger partial charge in [0.05, 0.1) is 0 Å². The summed E-state index contributed by atoms with van der Waals surface area (Å²) in [6.07, 6.45) is 3.51. The van der Waals surface area contributed by atoms with Crippen LogP contribution in [-0.4, -0.2) is 52.2 Å². The highest BCUT2D eigenvalue weighted by molar-refractivity contribution is 6.30. The highest BCUT2D eigenvalue weighted by atomic mass is 35.5. The van der Waals surface area contributed by atoms with Crippen LogP contribution >= 0.6 is 11.6 Å². The number of hydrogen-bond acceptors (Lipinski definition) is 4. The zero-order valence-corrected chi connectivity index (χ0v) is 21.3. The molecule has 1 atom stereocenters. The molecule has 1 aromatic heterocycles. The minimum Gasteiger partial charge on any atom is -0.337 e. The molecule has 5 nitrogen and oxygen atoms in total. The Bertz CT molecular complexity index is 988. The summed E-state index contributed by atoms with van der Waals surface area (Å²) >= 11 is 6.45. The topological polar surface area (TPSA) is 53.5 Å². The van der Waals surface area contributed by atoms with Crippen LogP contribution in [0.2, 0.25) is 5.02 Å². The van der Waals surface area contributed by atoms with Crippen LogP contribution in [0.15, 0.2) is 30.5 Å². The van der Waals surface area contributed by atoms with Gasteiger partial charge >= 0.3 is 0 Å². The van der Waals surface area contributed by atoms with Crippen molar-refractivity contribution in [2.45, 2.75) is 66.5 Å². The lowest BCUT2D eigenvalue weighted by molar-refractivity contribution is -0.136. The fourth-order valence-corrected chi connectivity index (χ4v) is 4.66. The fourth-order valence-electron chi connectivity index (χ4n) is 4.40. The zero-order chi connectivity index (χ0) is 24.1. The molecule has 1 aliphatic heterocycles. The van der Waals surface area contributed by atoms with Gasteiger partial charge in [-0.05, 0) is 74.1 Å². The molecule has 2 aromatic rings. The molecule has 0 bridgehead atoms. The summed E-state index contributed by atoms with van der Waals surface area (Å²) in [5.41, 5.74) is 4.71. The quantitative estimate of drug-likeness (QED) is 0.496. The fraction of sp³-hybridized carbons (Fsp3) is 0.519. The van der Waals surface area contributed by atoms with Gasteiger partial charge in [0, 0.05) is 67.5 Å². The van der Waals surface area contributed by atoms with Crippen molar-refractivity contribution in [3.05, 3.63) is 63.4 Å². The molecule has 2 heterocycles. The largest absolute Gasteiger partial charge is 0.337 e. The number of rotatable bonds is 8. The number of piperazine rings is 1. The highest BCUT2D eigenvalue weighted by Gasteiger charge is 2.27. The Morgan fingerprint density at radius 3 is 2.52 bits per heavy atom. The summed E-state index contributed by atoms with van der Waals surface area (Å²) in [6.45, 7) is 13.6. The van der Waals surface area contributed by atoms with E-state index in [2.05, 4.69) is 37.6 Å². The number of ketones is 1. The van der Waals surface area contributed by atoms with E-state index in [1.165, 1.54) is 0 Å². The van der Waals surface area contributed by atoms with E-state index >= 15 is 0 Å². The van der Waals surface area contributed by atoms with Crippen molar-refractivity contribution in [1.82, 2.24) is 14.8 Å². The van der Waals surface area contributed by atoms with Gasteiger partial charge in [-0.25, -0.2) is 0 Å². The molecular formula is C27H36ClN3O2. The molecule has 6 heteroatoms. The van der Waals surface area contributed by atoms with Crippen molar-refractivity contribution >= 4 is 23.3 Å². The third kappa shape index (κ3) is 6.87. The Labute approximate surface area is 203 Å². The first-order valence-electron chi connectivity index (χ1n) is 11.9. The second-order valence-electron chi connectivity index (χ2n) is 9.74. The number of carbonyl (C=O) groups is 2. The smallest absolute Gasteiger partial charge is 0.222 e. The summed E-state index contributed by atoms with van der Waals surface area (Å²) < 4.78 is 0. The third-order valence-electron chi connectivity index (χ3n) is 6.53. The van der Waals surface area contributed by atoms with E-state index in [0.717, 1.165) is 55.0 Å². The Kier molecular flexibility index (Phi) is 8.66. The monoisotopic (exact) mass is 469 g/mol. The number of pyridine rings is 1. The van der Waals surface area contributed by atoms with Crippen LogP contribution < -0.4 is 0 Å². The van der Waals surface area contributed by atoms with Crippen molar-refractivity contribution in [2.24, 2.45) is 5.92 Å². The molecule has 3 rings (SSSR count). The van der Waals surface area contributed by atoms with Gasteiger partial charge in [-0.2, -0.15) is 0 Å². The van der Waals surface area contributed by atoms with Crippen LogP contribution in [-0.2, 0) is 17.8 Å². The van der Waals surface area contributed by atoms with Gasteiger partial charge in [0.25, 0.3) is 0 Å². The van der Waals surface area contributed by atoms with Gasteiger partial charge in [-0.1, -0.05) is 25.4 Å². The molecule has 1 fully saturated rings. The average molecular weight is 470 g/mol. The van der Waals surface area contributed by atoms with Crippen LogP contribution in [0.5, 0.6) is 0 Å². The van der Waals surface area contributed by atoms with Gasteiger partial charge < -0.3 is 4.90 Å². The summed E-state index contributed by atoms with van der Waals surface area (Å²) in [7, 11) is 0. The normalized spacial score (nSPS) is 16.9. The molecule has 33 heavy (non-hydrogen) atoms. The van der Waals surface area contributed by atoms with Crippen LogP contribution in [0.1, 0.15) is 66.4 Å². The Hall–Kier alpha value is -2.24. The lowest BCUT2D eigenvalue weighted by atomic mass is 9.96. The number of aromatic nitrogens is 1. The van der Waals surface area contributed by atoms with Gasteiger partial charge in [0.15, 0.2) is 5.78 Å². The Morgan fingerprint density at radius 1 is 1.15 bits per heavy atom. The number of halogens is 1. The molecule has 0 N–H and O–H groups in total. The number of carbonyl (C=O) groups excluding carboxylic acids is 2. The van der Waals surface area contributed by atoms with Crippen molar-refractivity contribution in [1.29, 1.82) is 0 Å². The van der Waals surface area contributed by atoms with Crippen molar-refractivity contribution < 1.29 is 9.59 Å². The predicted octanol–water partition coefficient (Wildman–Crippen LogP) is 5.25. The molecule has 0 radical (unpaired) electrons. The van der Waals surface area contributed by atoms with E-state index in [4.69, 9.17) is 11.6 Å². The first-order chi connectivity index (χ1) is 15.6. The van der Waals surface area contributed by atoms with Crippen molar-refractivity contribution in [3.63, 3.8) is 0 Å². The Morgan fingerprint density at radius 2 is 1.88 bits per heavy atom. The number of amides is 1. The number of benzene rings is 1. The predicted molar refractivity (Wildman–Crippen MR) is 134 cm³/mol. The summed E-state index contributed by atoms with van der Waals surface area (Å²) in [4.78, 5) is 34.1. The number of aryl methyl sites for hydroxylation is 1. The Balaban J connectivity index is 1.66. The van der Waals surface area contributed by atoms with E-state index in [1.807, 2.05) is 36.1 Å². The van der Waals surface area contributed by atoms with Gasteiger partial charge in [0.1, 0.15) is 0 Å². The van der Waals surface area contributed by atoms with Crippen LogP contribution in [0, 0.1) is 19.8 Å². The molecule has 0 aliphatic carbocycles. The lowest BCUT2D eigenvalue weighted by Crippen LogP contribution is -2.53. The first-order valence-corrected chi connectivity index (χ1v) is 12.3. The van der Waals surface area contributed by atoms with E-state index in [1.54, 1.807) is 6.20 Å². The second-order valence-corrected chi connectivity index (χ2v) is 10.2. The van der Waals surface area contributed by atoms with E-state index in [0.29, 0.717) is 29.3 Å². The molecule has 178 valence electrons. The van der Waals surface area contributed by atoms with E-state index in [9.17, 15) is 9.59 Å². The first kappa shape index (κ1) is 25.4. The number of Topliss-reactive ketones (excluding diaryl/α,β-unsaturated/α-hetero) is 1. The van der Waals surface area contributed by atoms with Crippen molar-refractivity contribution in [3.8, 4) is 0 Å². The van der Waals surface area contributed by atoms with Crippen LogP contribution in [0.4, 0.5) is 0 Å². The van der Waals surface area contributed by atoms with Crippen LogP contribution in [0.3, 0.4) is 0 Å². The average Bonchev–Trinajstić information content (AvgIpc) is 2.75. The summed E-state index contributed by atoms with van der Waals surface area (Å²) in [6, 6.07) is 7.77. The minimum atomic E-state index is 0.0426. The number of hydrogen-bond donors (Lipinski definition) is 0.